The van der Waals surface area contributed by atoms with Crippen LogP contribution in [0, 0.1) is 0 Å². The van der Waals surface area contributed by atoms with Crippen LogP contribution in [0.3, 0.4) is 0 Å². The van der Waals surface area contributed by atoms with E-state index in [1.165, 1.54) is 0 Å². The molecule has 1 rings (SSSR count). The Morgan fingerprint density at radius 3 is 2.50 bits per heavy atom. The molecule has 0 spiro atoms. The van der Waals surface area contributed by atoms with Crippen LogP contribution in [-0.2, 0) is 4.79 Å². The maximum absolute atomic E-state index is 10.1. The van der Waals surface area contributed by atoms with Gasteiger partial charge in [0.2, 0.25) is 0 Å². The minimum absolute atomic E-state index is 0.236. The SMILES string of the molecule is CC(C[C]=O)c1ccc(Cl)cc1. The average molecular weight is 182 g/mol. The molecule has 0 aliphatic carbocycles. The summed E-state index contributed by atoms with van der Waals surface area (Å²) >= 11 is 5.72. The molecule has 0 aliphatic heterocycles. The molecule has 2 heteroatoms. The highest BCUT2D eigenvalue weighted by atomic mass is 35.5. The molecular weight excluding hydrogens is 172 g/mol. The highest BCUT2D eigenvalue weighted by molar-refractivity contribution is 6.30. The third kappa shape index (κ3) is 2.35. The minimum Gasteiger partial charge on any atom is -0.291 e. The molecule has 0 bridgehead atoms. The van der Waals surface area contributed by atoms with E-state index >= 15 is 0 Å². The van der Waals surface area contributed by atoms with Crippen LogP contribution >= 0.6 is 11.6 Å². The van der Waals surface area contributed by atoms with E-state index in [0.29, 0.717) is 6.42 Å². The van der Waals surface area contributed by atoms with Gasteiger partial charge in [-0.15, -0.1) is 0 Å². The Bertz CT molecular complexity index is 253. The largest absolute Gasteiger partial charge is 0.291 e. The van der Waals surface area contributed by atoms with E-state index in [1.807, 2.05) is 37.5 Å². The summed E-state index contributed by atoms with van der Waals surface area (Å²) in [6.45, 7) is 1.99. The van der Waals surface area contributed by atoms with Crippen LogP contribution in [0.25, 0.3) is 0 Å². The Hall–Kier alpha value is -0.820. The number of hydrogen-bond acceptors (Lipinski definition) is 1. The van der Waals surface area contributed by atoms with Gasteiger partial charge in [0.15, 0.2) is 6.29 Å². The third-order valence-electron chi connectivity index (χ3n) is 1.83. The summed E-state index contributed by atoms with van der Waals surface area (Å²) in [5.41, 5.74) is 1.13. The van der Waals surface area contributed by atoms with Crippen molar-refractivity contribution in [3.8, 4) is 0 Å². The molecule has 63 valence electrons. The molecule has 1 atom stereocenters. The summed E-state index contributed by atoms with van der Waals surface area (Å²) in [7, 11) is 0. The molecule has 0 heterocycles. The quantitative estimate of drug-likeness (QED) is 0.701. The molecule has 0 saturated carbocycles. The molecule has 1 unspecified atom stereocenters. The molecule has 0 amide bonds. The lowest BCUT2D eigenvalue weighted by atomic mass is 9.99. The van der Waals surface area contributed by atoms with E-state index in [4.69, 9.17) is 11.6 Å². The average Bonchev–Trinajstić information content (AvgIpc) is 2.06. The second kappa shape index (κ2) is 4.27. The summed E-state index contributed by atoms with van der Waals surface area (Å²) in [6, 6.07) is 7.53. The lowest BCUT2D eigenvalue weighted by Crippen LogP contribution is -1.93. The van der Waals surface area contributed by atoms with Crippen molar-refractivity contribution in [3.63, 3.8) is 0 Å². The van der Waals surface area contributed by atoms with Crippen molar-refractivity contribution in [1.29, 1.82) is 0 Å². The Morgan fingerprint density at radius 2 is 2.00 bits per heavy atom. The highest BCUT2D eigenvalue weighted by Crippen LogP contribution is 2.19. The van der Waals surface area contributed by atoms with Gasteiger partial charge in [0.25, 0.3) is 0 Å². The van der Waals surface area contributed by atoms with Crippen LogP contribution in [0.15, 0.2) is 24.3 Å². The zero-order valence-corrected chi connectivity index (χ0v) is 7.64. The second-order valence-electron chi connectivity index (χ2n) is 2.80. The normalized spacial score (nSPS) is 12.5. The van der Waals surface area contributed by atoms with Gasteiger partial charge in [0.1, 0.15) is 0 Å². The first kappa shape index (κ1) is 9.27. The maximum Gasteiger partial charge on any atom is 0.199 e. The summed E-state index contributed by atoms with van der Waals surface area (Å²) in [6.07, 6.45) is 2.34. The summed E-state index contributed by atoms with van der Waals surface area (Å²) in [5, 5.41) is 0.723. The minimum atomic E-state index is 0.236. The first-order chi connectivity index (χ1) is 5.74. The van der Waals surface area contributed by atoms with E-state index in [9.17, 15) is 4.79 Å². The molecule has 0 fully saturated rings. The standard InChI is InChI=1S/C10H10ClO/c1-8(6-7-12)9-2-4-10(11)5-3-9/h2-5,8H,6H2,1H3. The van der Waals surface area contributed by atoms with Gasteiger partial charge in [0, 0.05) is 11.4 Å². The number of benzene rings is 1. The summed E-state index contributed by atoms with van der Waals surface area (Å²) < 4.78 is 0. The highest BCUT2D eigenvalue weighted by Gasteiger charge is 2.03. The van der Waals surface area contributed by atoms with Crippen molar-refractivity contribution < 1.29 is 4.79 Å². The number of rotatable bonds is 3. The zero-order chi connectivity index (χ0) is 8.97. The number of hydrogen-bond donors (Lipinski definition) is 0. The Kier molecular flexibility index (Phi) is 3.30. The van der Waals surface area contributed by atoms with E-state index in [1.54, 1.807) is 0 Å². The van der Waals surface area contributed by atoms with Crippen molar-refractivity contribution in [1.82, 2.24) is 0 Å². The van der Waals surface area contributed by atoms with Crippen molar-refractivity contribution >= 4 is 17.9 Å². The molecule has 0 saturated heterocycles. The van der Waals surface area contributed by atoms with E-state index < -0.39 is 0 Å². The number of carbonyl (C=O) groups excluding carboxylic acids is 1. The van der Waals surface area contributed by atoms with Crippen molar-refractivity contribution in [2.75, 3.05) is 0 Å². The topological polar surface area (TPSA) is 17.1 Å². The first-order valence-corrected chi connectivity index (χ1v) is 4.22. The Balaban J connectivity index is 2.74. The fourth-order valence-corrected chi connectivity index (χ4v) is 1.16. The fraction of sp³-hybridized carbons (Fsp3) is 0.300. The van der Waals surface area contributed by atoms with Gasteiger partial charge in [-0.3, -0.25) is 4.79 Å². The summed E-state index contributed by atoms with van der Waals surface area (Å²) in [5.74, 6) is 0.236. The lowest BCUT2D eigenvalue weighted by Gasteiger charge is -2.06. The van der Waals surface area contributed by atoms with Gasteiger partial charge in [-0.25, -0.2) is 0 Å². The van der Waals surface area contributed by atoms with Crippen LogP contribution in [0.4, 0.5) is 0 Å². The number of halogens is 1. The van der Waals surface area contributed by atoms with Crippen LogP contribution in [-0.4, -0.2) is 6.29 Å². The van der Waals surface area contributed by atoms with Gasteiger partial charge >= 0.3 is 0 Å². The maximum atomic E-state index is 10.1. The first-order valence-electron chi connectivity index (χ1n) is 3.84. The molecule has 0 aromatic heterocycles. The molecule has 0 aliphatic rings. The summed E-state index contributed by atoms with van der Waals surface area (Å²) in [4.78, 5) is 10.1. The van der Waals surface area contributed by atoms with Gasteiger partial charge in [0.05, 0.1) is 0 Å². The van der Waals surface area contributed by atoms with Gasteiger partial charge in [-0.2, -0.15) is 0 Å². The fourth-order valence-electron chi connectivity index (χ4n) is 1.03. The van der Waals surface area contributed by atoms with E-state index in [0.717, 1.165) is 10.6 Å². The van der Waals surface area contributed by atoms with E-state index in [-0.39, 0.29) is 5.92 Å². The Labute approximate surface area is 77.4 Å². The van der Waals surface area contributed by atoms with Crippen molar-refractivity contribution in [2.24, 2.45) is 0 Å². The van der Waals surface area contributed by atoms with Crippen LogP contribution in [0.2, 0.25) is 5.02 Å². The smallest absolute Gasteiger partial charge is 0.199 e. The predicted molar refractivity (Wildman–Crippen MR) is 50.2 cm³/mol. The van der Waals surface area contributed by atoms with Crippen LogP contribution in [0.1, 0.15) is 24.8 Å². The molecule has 1 nitrogen and oxygen atoms in total. The molecule has 1 radical (unpaired) electrons. The van der Waals surface area contributed by atoms with Gasteiger partial charge < -0.3 is 0 Å². The molecule has 12 heavy (non-hydrogen) atoms. The van der Waals surface area contributed by atoms with Gasteiger partial charge in [-0.05, 0) is 23.6 Å². The van der Waals surface area contributed by atoms with Crippen molar-refractivity contribution in [2.45, 2.75) is 19.3 Å². The predicted octanol–water partition coefficient (Wildman–Crippen LogP) is 2.94. The molecule has 1 aromatic carbocycles. The monoisotopic (exact) mass is 181 g/mol. The molecule has 1 aromatic rings. The van der Waals surface area contributed by atoms with Crippen LogP contribution < -0.4 is 0 Å². The molecule has 0 N–H and O–H groups in total. The van der Waals surface area contributed by atoms with E-state index in [2.05, 4.69) is 0 Å². The third-order valence-corrected chi connectivity index (χ3v) is 2.08. The zero-order valence-electron chi connectivity index (χ0n) is 6.88. The van der Waals surface area contributed by atoms with Crippen LogP contribution in [0.5, 0.6) is 0 Å². The molecular formula is C10H10ClO. The lowest BCUT2D eigenvalue weighted by molar-refractivity contribution is 0.545. The second-order valence-corrected chi connectivity index (χ2v) is 3.24. The van der Waals surface area contributed by atoms with Gasteiger partial charge in [-0.1, -0.05) is 30.7 Å². The van der Waals surface area contributed by atoms with Crippen molar-refractivity contribution in [3.05, 3.63) is 34.9 Å². The Morgan fingerprint density at radius 1 is 1.42 bits per heavy atom.